The fourth-order valence-electron chi connectivity index (χ4n) is 1.40. The topological polar surface area (TPSA) is 45.0 Å². The molecule has 1 rings (SSSR count). The van der Waals surface area contributed by atoms with E-state index in [4.69, 9.17) is 10.00 Å². The standard InChI is InChI=1S/C9H16N2O/c10-4-1-5-11-8-9-2-6-12-7-3-9/h9,11H,1-3,5-8H2. The van der Waals surface area contributed by atoms with E-state index in [0.29, 0.717) is 6.42 Å². The van der Waals surface area contributed by atoms with Crippen molar-refractivity contribution in [2.24, 2.45) is 5.92 Å². The first-order chi connectivity index (χ1) is 5.93. The summed E-state index contributed by atoms with van der Waals surface area (Å²) in [4.78, 5) is 0. The second-order valence-electron chi connectivity index (χ2n) is 3.17. The lowest BCUT2D eigenvalue weighted by molar-refractivity contribution is 0.0664. The Labute approximate surface area is 73.7 Å². The summed E-state index contributed by atoms with van der Waals surface area (Å²) in [6, 6.07) is 2.12. The van der Waals surface area contributed by atoms with Gasteiger partial charge in [-0.15, -0.1) is 0 Å². The summed E-state index contributed by atoms with van der Waals surface area (Å²) in [6.07, 6.45) is 2.95. The van der Waals surface area contributed by atoms with Crippen molar-refractivity contribution < 1.29 is 4.74 Å². The molecule has 0 aliphatic carbocycles. The van der Waals surface area contributed by atoms with Gasteiger partial charge in [0.1, 0.15) is 0 Å². The van der Waals surface area contributed by atoms with Crippen molar-refractivity contribution in [1.82, 2.24) is 5.32 Å². The third kappa shape index (κ3) is 3.70. The van der Waals surface area contributed by atoms with Crippen LogP contribution in [0.4, 0.5) is 0 Å². The summed E-state index contributed by atoms with van der Waals surface area (Å²) < 4.78 is 5.25. The summed E-state index contributed by atoms with van der Waals surface area (Å²) >= 11 is 0. The first-order valence-corrected chi connectivity index (χ1v) is 4.59. The highest BCUT2D eigenvalue weighted by atomic mass is 16.5. The van der Waals surface area contributed by atoms with Crippen molar-refractivity contribution in [2.45, 2.75) is 19.3 Å². The molecule has 0 aromatic carbocycles. The van der Waals surface area contributed by atoms with Gasteiger partial charge in [-0.05, 0) is 25.3 Å². The van der Waals surface area contributed by atoms with Crippen molar-refractivity contribution in [3.8, 4) is 6.07 Å². The summed E-state index contributed by atoms with van der Waals surface area (Å²) in [6.45, 7) is 3.69. The Morgan fingerprint density at radius 1 is 1.42 bits per heavy atom. The Balaban J connectivity index is 1.95. The zero-order chi connectivity index (χ0) is 8.65. The molecule has 1 aliphatic heterocycles. The molecule has 0 atom stereocenters. The molecule has 1 heterocycles. The van der Waals surface area contributed by atoms with Gasteiger partial charge in [-0.25, -0.2) is 0 Å². The minimum atomic E-state index is 0.614. The number of nitrogens with zero attached hydrogens (tertiary/aromatic N) is 1. The number of nitrogens with one attached hydrogen (secondary N) is 1. The minimum absolute atomic E-state index is 0.614. The maximum Gasteiger partial charge on any atom is 0.0635 e. The van der Waals surface area contributed by atoms with Crippen LogP contribution in [0.1, 0.15) is 19.3 Å². The van der Waals surface area contributed by atoms with E-state index < -0.39 is 0 Å². The maximum atomic E-state index is 8.29. The quantitative estimate of drug-likeness (QED) is 0.635. The Morgan fingerprint density at radius 3 is 2.83 bits per heavy atom. The van der Waals surface area contributed by atoms with Crippen LogP contribution in [-0.4, -0.2) is 26.3 Å². The van der Waals surface area contributed by atoms with Crippen LogP contribution in [0, 0.1) is 17.2 Å². The Bertz CT molecular complexity index is 147. The first kappa shape index (κ1) is 9.50. The lowest BCUT2D eigenvalue weighted by atomic mass is 10.0. The minimum Gasteiger partial charge on any atom is -0.381 e. The van der Waals surface area contributed by atoms with E-state index in [1.54, 1.807) is 0 Å². The van der Waals surface area contributed by atoms with Gasteiger partial charge < -0.3 is 10.1 Å². The fourth-order valence-corrected chi connectivity index (χ4v) is 1.40. The average molecular weight is 168 g/mol. The van der Waals surface area contributed by atoms with Crippen molar-refractivity contribution in [3.63, 3.8) is 0 Å². The Morgan fingerprint density at radius 2 is 2.17 bits per heavy atom. The van der Waals surface area contributed by atoms with E-state index in [1.807, 2.05) is 0 Å². The maximum absolute atomic E-state index is 8.29. The lowest BCUT2D eigenvalue weighted by Crippen LogP contribution is -2.28. The largest absolute Gasteiger partial charge is 0.381 e. The van der Waals surface area contributed by atoms with Gasteiger partial charge in [0.25, 0.3) is 0 Å². The molecule has 3 heteroatoms. The van der Waals surface area contributed by atoms with Gasteiger partial charge in [-0.3, -0.25) is 0 Å². The molecular weight excluding hydrogens is 152 g/mol. The van der Waals surface area contributed by atoms with Gasteiger partial charge in [0.15, 0.2) is 0 Å². The SMILES string of the molecule is N#CCCNCC1CCOCC1. The molecule has 1 N–H and O–H groups in total. The fraction of sp³-hybridized carbons (Fsp3) is 0.889. The molecule has 0 amide bonds. The molecule has 0 saturated carbocycles. The molecule has 0 aromatic heterocycles. The van der Waals surface area contributed by atoms with E-state index in [-0.39, 0.29) is 0 Å². The van der Waals surface area contributed by atoms with Gasteiger partial charge in [0.2, 0.25) is 0 Å². The van der Waals surface area contributed by atoms with Crippen LogP contribution in [0.2, 0.25) is 0 Å². The first-order valence-electron chi connectivity index (χ1n) is 4.59. The second-order valence-corrected chi connectivity index (χ2v) is 3.17. The molecule has 0 aromatic rings. The molecule has 1 fully saturated rings. The summed E-state index contributed by atoms with van der Waals surface area (Å²) in [7, 11) is 0. The van der Waals surface area contributed by atoms with E-state index in [1.165, 1.54) is 12.8 Å². The van der Waals surface area contributed by atoms with Gasteiger partial charge in [0.05, 0.1) is 6.07 Å². The smallest absolute Gasteiger partial charge is 0.0635 e. The molecule has 0 spiro atoms. The zero-order valence-electron chi connectivity index (χ0n) is 7.38. The van der Waals surface area contributed by atoms with Crippen molar-refractivity contribution in [2.75, 3.05) is 26.3 Å². The number of hydrogen-bond acceptors (Lipinski definition) is 3. The molecule has 12 heavy (non-hydrogen) atoms. The van der Waals surface area contributed by atoms with Crippen LogP contribution in [-0.2, 0) is 4.74 Å². The Kier molecular flexibility index (Phi) is 4.74. The van der Waals surface area contributed by atoms with E-state index in [0.717, 1.165) is 32.2 Å². The van der Waals surface area contributed by atoms with Crippen LogP contribution < -0.4 is 5.32 Å². The van der Waals surface area contributed by atoms with Gasteiger partial charge in [-0.1, -0.05) is 0 Å². The van der Waals surface area contributed by atoms with Crippen molar-refractivity contribution in [3.05, 3.63) is 0 Å². The number of rotatable bonds is 4. The molecule has 0 unspecified atom stereocenters. The van der Waals surface area contributed by atoms with E-state index in [2.05, 4.69) is 11.4 Å². The van der Waals surface area contributed by atoms with Crippen molar-refractivity contribution in [1.29, 1.82) is 5.26 Å². The van der Waals surface area contributed by atoms with E-state index in [9.17, 15) is 0 Å². The number of hydrogen-bond donors (Lipinski definition) is 1. The highest BCUT2D eigenvalue weighted by Gasteiger charge is 2.12. The van der Waals surface area contributed by atoms with Crippen LogP contribution >= 0.6 is 0 Å². The predicted octanol–water partition coefficient (Wildman–Crippen LogP) is 0.916. The number of nitriles is 1. The molecule has 0 radical (unpaired) electrons. The second kappa shape index (κ2) is 5.99. The average Bonchev–Trinajstić information content (AvgIpc) is 2.14. The summed E-state index contributed by atoms with van der Waals surface area (Å²) in [5, 5.41) is 11.6. The van der Waals surface area contributed by atoms with E-state index >= 15 is 0 Å². The van der Waals surface area contributed by atoms with Crippen LogP contribution in [0.15, 0.2) is 0 Å². The normalized spacial score (nSPS) is 18.9. The third-order valence-electron chi connectivity index (χ3n) is 2.19. The molecular formula is C9H16N2O. The van der Waals surface area contributed by atoms with Crippen LogP contribution in [0.3, 0.4) is 0 Å². The monoisotopic (exact) mass is 168 g/mol. The predicted molar refractivity (Wildman–Crippen MR) is 46.6 cm³/mol. The molecule has 3 nitrogen and oxygen atoms in total. The highest BCUT2D eigenvalue weighted by molar-refractivity contribution is 4.72. The van der Waals surface area contributed by atoms with Gasteiger partial charge in [-0.2, -0.15) is 5.26 Å². The molecule has 68 valence electrons. The van der Waals surface area contributed by atoms with Crippen LogP contribution in [0.25, 0.3) is 0 Å². The molecule has 1 saturated heterocycles. The van der Waals surface area contributed by atoms with Crippen molar-refractivity contribution >= 4 is 0 Å². The third-order valence-corrected chi connectivity index (χ3v) is 2.19. The lowest BCUT2D eigenvalue weighted by Gasteiger charge is -2.21. The molecule has 0 bridgehead atoms. The van der Waals surface area contributed by atoms with Crippen LogP contribution in [0.5, 0.6) is 0 Å². The Hall–Kier alpha value is -0.590. The summed E-state index contributed by atoms with van der Waals surface area (Å²) in [5.41, 5.74) is 0. The zero-order valence-corrected chi connectivity index (χ0v) is 7.38. The molecule has 1 aliphatic rings. The number of ether oxygens (including phenoxy) is 1. The van der Waals surface area contributed by atoms with Gasteiger partial charge >= 0.3 is 0 Å². The van der Waals surface area contributed by atoms with Gasteiger partial charge in [0, 0.05) is 26.2 Å². The highest BCUT2D eigenvalue weighted by Crippen LogP contribution is 2.12. The summed E-state index contributed by atoms with van der Waals surface area (Å²) in [5.74, 6) is 0.762.